The Morgan fingerprint density at radius 1 is 1.24 bits per heavy atom. The first-order valence-electron chi connectivity index (χ1n) is 9.63. The summed E-state index contributed by atoms with van der Waals surface area (Å²) >= 11 is 5.44. The van der Waals surface area contributed by atoms with Crippen molar-refractivity contribution in [3.63, 3.8) is 0 Å². The third-order valence-corrected chi connectivity index (χ3v) is 5.89. The first-order chi connectivity index (χ1) is 13.6. The van der Waals surface area contributed by atoms with Crippen molar-refractivity contribution in [2.24, 2.45) is 11.7 Å². The summed E-state index contributed by atoms with van der Waals surface area (Å²) < 4.78 is 0. The number of amides is 3. The highest BCUT2D eigenvalue weighted by atomic mass is 32.2. The van der Waals surface area contributed by atoms with Crippen molar-refractivity contribution < 1.29 is 24.3 Å². The highest BCUT2D eigenvalue weighted by Crippen LogP contribution is 2.20. The number of carbonyl (C=O) groups is 4. The number of likely N-dealkylation sites (tertiary alicyclic amines) is 1. The van der Waals surface area contributed by atoms with Crippen molar-refractivity contribution in [1.29, 1.82) is 0 Å². The smallest absolute Gasteiger partial charge is 0.327 e. The van der Waals surface area contributed by atoms with Crippen LogP contribution in [0.25, 0.3) is 0 Å². The molecule has 0 saturated carbocycles. The second-order valence-electron chi connectivity index (χ2n) is 7.38. The highest BCUT2D eigenvalue weighted by Gasteiger charge is 2.38. The molecule has 166 valence electrons. The summed E-state index contributed by atoms with van der Waals surface area (Å²) in [4.78, 5) is 50.7. The Morgan fingerprint density at radius 2 is 1.90 bits per heavy atom. The van der Waals surface area contributed by atoms with Crippen LogP contribution in [0.3, 0.4) is 0 Å². The molecule has 1 heterocycles. The second kappa shape index (κ2) is 12.3. The van der Waals surface area contributed by atoms with Gasteiger partial charge in [0.25, 0.3) is 0 Å². The standard InChI is InChI=1S/C18H32N4O5S2/c1-10(2)14(19)17(25)22-7-4-5-13(22)16(24)20-11(6-8-29-3)15(23)21-12(9-28)18(26)27/h10-14,28H,4-9,19H2,1-3H3,(H,20,24)(H,21,23)(H,26,27). The van der Waals surface area contributed by atoms with Crippen LogP contribution in [0.4, 0.5) is 0 Å². The van der Waals surface area contributed by atoms with Crippen molar-refractivity contribution in [3.05, 3.63) is 0 Å². The van der Waals surface area contributed by atoms with Crippen LogP contribution in [0.15, 0.2) is 0 Å². The lowest BCUT2D eigenvalue weighted by atomic mass is 10.0. The minimum Gasteiger partial charge on any atom is -0.480 e. The maximum atomic E-state index is 12.9. The third-order valence-electron chi connectivity index (χ3n) is 4.88. The SMILES string of the molecule is CSCCC(NC(=O)C1CCCN1C(=O)C(N)C(C)C)C(=O)NC(CS)C(=O)O. The van der Waals surface area contributed by atoms with Crippen LogP contribution in [0.1, 0.15) is 33.1 Å². The number of rotatable bonds is 11. The summed E-state index contributed by atoms with van der Waals surface area (Å²) in [5.41, 5.74) is 5.96. The van der Waals surface area contributed by atoms with E-state index in [0.717, 1.165) is 0 Å². The van der Waals surface area contributed by atoms with Gasteiger partial charge >= 0.3 is 5.97 Å². The van der Waals surface area contributed by atoms with Gasteiger partial charge < -0.3 is 26.4 Å². The number of thioether (sulfide) groups is 1. The minimum absolute atomic E-state index is 0.0545. The largest absolute Gasteiger partial charge is 0.480 e. The second-order valence-corrected chi connectivity index (χ2v) is 8.73. The molecule has 1 fully saturated rings. The van der Waals surface area contributed by atoms with Gasteiger partial charge in [0.1, 0.15) is 18.1 Å². The molecule has 1 aliphatic heterocycles. The zero-order chi connectivity index (χ0) is 22.1. The summed E-state index contributed by atoms with van der Waals surface area (Å²) in [6, 6.07) is -3.41. The minimum atomic E-state index is -1.20. The molecule has 0 aromatic heterocycles. The number of aliphatic carboxylic acids is 1. The average Bonchev–Trinajstić information content (AvgIpc) is 3.17. The van der Waals surface area contributed by atoms with Gasteiger partial charge in [0.2, 0.25) is 17.7 Å². The van der Waals surface area contributed by atoms with E-state index in [9.17, 15) is 19.2 Å². The first-order valence-corrected chi connectivity index (χ1v) is 11.7. The molecule has 3 amide bonds. The fourth-order valence-electron chi connectivity index (χ4n) is 3.01. The van der Waals surface area contributed by atoms with Crippen LogP contribution in [-0.4, -0.2) is 82.2 Å². The summed E-state index contributed by atoms with van der Waals surface area (Å²) in [5.74, 6) is -2.00. The summed E-state index contributed by atoms with van der Waals surface area (Å²) in [7, 11) is 0. The Balaban J connectivity index is 2.86. The molecule has 0 aliphatic carbocycles. The number of hydrogen-bond acceptors (Lipinski definition) is 7. The molecular formula is C18H32N4O5S2. The van der Waals surface area contributed by atoms with E-state index in [4.69, 9.17) is 10.8 Å². The van der Waals surface area contributed by atoms with Crippen molar-refractivity contribution in [2.75, 3.05) is 24.3 Å². The zero-order valence-electron chi connectivity index (χ0n) is 17.1. The van der Waals surface area contributed by atoms with Crippen molar-refractivity contribution >= 4 is 48.1 Å². The molecule has 5 N–H and O–H groups in total. The van der Waals surface area contributed by atoms with Gasteiger partial charge in [-0.05, 0) is 37.2 Å². The number of carboxylic acid groups (broad SMARTS) is 1. The Hall–Kier alpha value is -1.46. The Labute approximate surface area is 181 Å². The number of carbonyl (C=O) groups excluding carboxylic acids is 3. The molecule has 0 aromatic carbocycles. The van der Waals surface area contributed by atoms with Crippen molar-refractivity contribution in [2.45, 2.75) is 57.3 Å². The number of nitrogens with one attached hydrogen (secondary N) is 2. The van der Waals surface area contributed by atoms with Crippen LogP contribution in [0.5, 0.6) is 0 Å². The summed E-state index contributed by atoms with van der Waals surface area (Å²) in [6.45, 7) is 4.13. The molecule has 29 heavy (non-hydrogen) atoms. The molecule has 11 heteroatoms. The molecule has 0 aromatic rings. The molecule has 0 bridgehead atoms. The fourth-order valence-corrected chi connectivity index (χ4v) is 3.73. The van der Waals surface area contributed by atoms with Gasteiger partial charge in [0.05, 0.1) is 6.04 Å². The Morgan fingerprint density at radius 3 is 2.41 bits per heavy atom. The molecule has 4 unspecified atom stereocenters. The lowest BCUT2D eigenvalue weighted by molar-refractivity contribution is -0.142. The molecule has 1 saturated heterocycles. The first kappa shape index (κ1) is 25.6. The number of hydrogen-bond donors (Lipinski definition) is 5. The van der Waals surface area contributed by atoms with Crippen LogP contribution in [0, 0.1) is 5.92 Å². The average molecular weight is 449 g/mol. The lowest BCUT2D eigenvalue weighted by Crippen LogP contribution is -2.57. The van der Waals surface area contributed by atoms with Gasteiger partial charge in [-0.25, -0.2) is 4.79 Å². The van der Waals surface area contributed by atoms with Crippen molar-refractivity contribution in [3.8, 4) is 0 Å². The summed E-state index contributed by atoms with van der Waals surface area (Å²) in [5, 5.41) is 14.2. The van der Waals surface area contributed by atoms with E-state index >= 15 is 0 Å². The molecular weight excluding hydrogens is 416 g/mol. The molecule has 4 atom stereocenters. The van der Waals surface area contributed by atoms with Gasteiger partial charge in [-0.2, -0.15) is 24.4 Å². The van der Waals surface area contributed by atoms with E-state index in [1.165, 1.54) is 16.7 Å². The highest BCUT2D eigenvalue weighted by molar-refractivity contribution is 7.98. The normalized spacial score (nSPS) is 19.5. The number of carboxylic acids is 1. The topological polar surface area (TPSA) is 142 Å². The van der Waals surface area contributed by atoms with E-state index in [0.29, 0.717) is 31.6 Å². The maximum absolute atomic E-state index is 12.9. The van der Waals surface area contributed by atoms with E-state index in [1.807, 2.05) is 20.1 Å². The zero-order valence-corrected chi connectivity index (χ0v) is 18.8. The van der Waals surface area contributed by atoms with Crippen LogP contribution in [-0.2, 0) is 19.2 Å². The van der Waals surface area contributed by atoms with Gasteiger partial charge in [0, 0.05) is 12.3 Å². The van der Waals surface area contributed by atoms with Crippen molar-refractivity contribution in [1.82, 2.24) is 15.5 Å². The van der Waals surface area contributed by atoms with Gasteiger partial charge in [-0.1, -0.05) is 13.8 Å². The Kier molecular flexibility index (Phi) is 10.8. The monoisotopic (exact) mass is 448 g/mol. The van der Waals surface area contributed by atoms with Crippen LogP contribution < -0.4 is 16.4 Å². The number of thiol groups is 1. The van der Waals surface area contributed by atoms with Gasteiger partial charge in [0.15, 0.2) is 0 Å². The predicted octanol–water partition coefficient (Wildman–Crippen LogP) is -0.302. The summed E-state index contributed by atoms with van der Waals surface area (Å²) in [6.07, 6.45) is 3.38. The molecule has 9 nitrogen and oxygen atoms in total. The number of nitrogens with two attached hydrogens (primary N) is 1. The molecule has 0 spiro atoms. The van der Waals surface area contributed by atoms with E-state index in [2.05, 4.69) is 23.3 Å². The van der Waals surface area contributed by atoms with E-state index < -0.39 is 42.0 Å². The van der Waals surface area contributed by atoms with Gasteiger partial charge in [-0.3, -0.25) is 14.4 Å². The maximum Gasteiger partial charge on any atom is 0.327 e. The molecule has 1 aliphatic rings. The molecule has 1 rings (SSSR count). The van der Waals surface area contributed by atoms with E-state index in [-0.39, 0.29) is 17.6 Å². The Bertz CT molecular complexity index is 605. The fraction of sp³-hybridized carbons (Fsp3) is 0.778. The van der Waals surface area contributed by atoms with Crippen LogP contribution >= 0.6 is 24.4 Å². The van der Waals surface area contributed by atoms with Crippen LogP contribution in [0.2, 0.25) is 0 Å². The number of nitrogens with zero attached hydrogens (tertiary/aromatic N) is 1. The molecule has 0 radical (unpaired) electrons. The third kappa shape index (κ3) is 7.38. The quantitative estimate of drug-likeness (QED) is 0.273. The van der Waals surface area contributed by atoms with E-state index in [1.54, 1.807) is 0 Å². The predicted molar refractivity (Wildman–Crippen MR) is 116 cm³/mol. The van der Waals surface area contributed by atoms with Gasteiger partial charge in [-0.15, -0.1) is 0 Å². The lowest BCUT2D eigenvalue weighted by Gasteiger charge is -2.29.